The van der Waals surface area contributed by atoms with Crippen molar-refractivity contribution >= 4 is 23.4 Å². The van der Waals surface area contributed by atoms with Gasteiger partial charge in [-0.05, 0) is 32.0 Å². The van der Waals surface area contributed by atoms with Crippen molar-refractivity contribution in [3.8, 4) is 5.75 Å². The van der Waals surface area contributed by atoms with Gasteiger partial charge in [-0.15, -0.1) is 0 Å². The fourth-order valence-electron chi connectivity index (χ4n) is 3.96. The van der Waals surface area contributed by atoms with Crippen molar-refractivity contribution < 1.29 is 28.4 Å². The summed E-state index contributed by atoms with van der Waals surface area (Å²) >= 11 is 0. The predicted octanol–water partition coefficient (Wildman–Crippen LogP) is 2.59. The molecule has 1 aromatic heterocycles. The number of fused-ring (bicyclic) bond motifs is 1. The van der Waals surface area contributed by atoms with E-state index in [-0.39, 0.29) is 42.2 Å². The first-order valence-electron chi connectivity index (χ1n) is 11.2. The van der Waals surface area contributed by atoms with Gasteiger partial charge in [0.05, 0.1) is 17.7 Å². The molecule has 0 bridgehead atoms. The number of carbonyl (C=O) groups excluding carboxylic acids is 3. The van der Waals surface area contributed by atoms with E-state index in [4.69, 9.17) is 14.0 Å². The molecule has 2 heterocycles. The first-order valence-corrected chi connectivity index (χ1v) is 11.2. The molecule has 3 amide bonds. The number of carbonyl (C=O) groups is 3. The fourth-order valence-corrected chi connectivity index (χ4v) is 3.96. The van der Waals surface area contributed by atoms with Crippen LogP contribution in [-0.2, 0) is 9.53 Å². The number of methoxy groups -OCH3 is 1. The number of rotatable bonds is 3. The van der Waals surface area contributed by atoms with Gasteiger partial charge in [-0.25, -0.2) is 0 Å². The second kappa shape index (κ2) is 10.7. The van der Waals surface area contributed by atoms with Crippen molar-refractivity contribution in [2.75, 3.05) is 39.2 Å². The third-order valence-electron chi connectivity index (χ3n) is 5.97. The van der Waals surface area contributed by atoms with Crippen LogP contribution in [0.2, 0.25) is 0 Å². The van der Waals surface area contributed by atoms with E-state index in [1.807, 2.05) is 13.8 Å². The number of nitrogens with zero attached hydrogens (tertiary/aromatic N) is 3. The lowest BCUT2D eigenvalue weighted by Gasteiger charge is -2.35. The van der Waals surface area contributed by atoms with Crippen molar-refractivity contribution in [1.29, 1.82) is 0 Å². The third-order valence-corrected chi connectivity index (χ3v) is 5.97. The summed E-state index contributed by atoms with van der Waals surface area (Å²) in [5.41, 5.74) is 0.846. The zero-order valence-electron chi connectivity index (χ0n) is 20.5. The molecule has 0 saturated carbocycles. The van der Waals surface area contributed by atoms with Gasteiger partial charge in [0.2, 0.25) is 5.91 Å². The summed E-state index contributed by atoms with van der Waals surface area (Å²) in [7, 11) is 3.29. The maximum atomic E-state index is 13.4. The lowest BCUT2D eigenvalue weighted by Crippen LogP contribution is -2.48. The number of hydrogen-bond acceptors (Lipinski definition) is 7. The van der Waals surface area contributed by atoms with E-state index in [1.54, 1.807) is 49.1 Å². The van der Waals surface area contributed by atoms with E-state index in [1.165, 1.54) is 13.0 Å². The summed E-state index contributed by atoms with van der Waals surface area (Å²) in [6, 6.07) is 6.17. The third kappa shape index (κ3) is 5.74. The largest absolute Gasteiger partial charge is 0.491 e. The van der Waals surface area contributed by atoms with Crippen molar-refractivity contribution in [2.45, 2.75) is 39.8 Å². The molecular weight excluding hydrogens is 440 g/mol. The molecule has 1 aromatic carbocycles. The monoisotopic (exact) mass is 472 g/mol. The van der Waals surface area contributed by atoms with E-state index in [9.17, 15) is 14.4 Å². The van der Waals surface area contributed by atoms with Crippen molar-refractivity contribution in [2.24, 2.45) is 5.92 Å². The number of likely N-dealkylation sites (N-methyl/N-ethyl adjacent to an activating group) is 1. The van der Waals surface area contributed by atoms with Crippen LogP contribution < -0.4 is 10.1 Å². The van der Waals surface area contributed by atoms with E-state index in [0.717, 1.165) is 0 Å². The molecule has 0 saturated heterocycles. The summed E-state index contributed by atoms with van der Waals surface area (Å²) < 4.78 is 16.6. The minimum absolute atomic E-state index is 0.0120. The van der Waals surface area contributed by atoms with Crippen LogP contribution in [0, 0.1) is 12.8 Å². The molecule has 1 aliphatic rings. The first-order chi connectivity index (χ1) is 16.1. The highest BCUT2D eigenvalue weighted by atomic mass is 16.5. The van der Waals surface area contributed by atoms with E-state index >= 15 is 0 Å². The highest BCUT2D eigenvalue weighted by Crippen LogP contribution is 2.27. The van der Waals surface area contributed by atoms with Crippen molar-refractivity contribution in [3.05, 3.63) is 41.3 Å². The first kappa shape index (κ1) is 25.2. The molecule has 1 N–H and O–H groups in total. The van der Waals surface area contributed by atoms with Crippen molar-refractivity contribution in [1.82, 2.24) is 15.0 Å². The Morgan fingerprint density at radius 2 is 1.94 bits per heavy atom. The number of amides is 3. The Bertz CT molecular complexity index is 1050. The minimum Gasteiger partial charge on any atom is -0.491 e. The van der Waals surface area contributed by atoms with Crippen LogP contribution in [0.1, 0.15) is 47.4 Å². The molecule has 0 spiro atoms. The highest BCUT2D eigenvalue weighted by molar-refractivity contribution is 6.04. The molecule has 0 fully saturated rings. The summed E-state index contributed by atoms with van der Waals surface area (Å²) in [5.74, 6) is 0.0937. The maximum Gasteiger partial charge on any atom is 0.277 e. The van der Waals surface area contributed by atoms with Gasteiger partial charge < -0.3 is 29.1 Å². The Morgan fingerprint density at radius 3 is 2.56 bits per heavy atom. The van der Waals surface area contributed by atoms with Crippen LogP contribution in [0.15, 0.2) is 28.8 Å². The molecule has 0 unspecified atom stereocenters. The zero-order chi connectivity index (χ0) is 25.0. The summed E-state index contributed by atoms with van der Waals surface area (Å²) in [4.78, 5) is 41.5. The molecule has 10 nitrogen and oxygen atoms in total. The fraction of sp³-hybridized carbons (Fsp3) is 0.500. The minimum atomic E-state index is -0.453. The Hall–Kier alpha value is -3.40. The van der Waals surface area contributed by atoms with Gasteiger partial charge in [-0.1, -0.05) is 12.1 Å². The quantitative estimate of drug-likeness (QED) is 0.730. The molecule has 0 aliphatic carbocycles. The standard InChI is InChI=1S/C24H32N4O6/c1-14-11-28(17(4)29)15(2)13-33-21-8-7-18(25-23(30)20-9-16(3)34-26-20)10-19(21)24(31)27(5)12-22(14)32-6/h7-10,14-15,22H,11-13H2,1-6H3,(H,25,30)/t14-,15-,22-/m0/s1. The molecule has 1 aliphatic heterocycles. The van der Waals surface area contributed by atoms with Crippen LogP contribution >= 0.6 is 0 Å². The van der Waals surface area contributed by atoms with E-state index < -0.39 is 5.91 Å². The topological polar surface area (TPSA) is 114 Å². The van der Waals surface area contributed by atoms with Crippen LogP contribution in [0.3, 0.4) is 0 Å². The SMILES string of the molecule is CO[C@H]1CN(C)C(=O)c2cc(NC(=O)c3cc(C)on3)ccc2OC[C@H](C)N(C(C)=O)C[C@@H]1C. The van der Waals surface area contributed by atoms with Gasteiger partial charge >= 0.3 is 0 Å². The second-order valence-electron chi connectivity index (χ2n) is 8.76. The lowest BCUT2D eigenvalue weighted by atomic mass is 10.0. The number of anilines is 1. The number of aromatic nitrogens is 1. The maximum absolute atomic E-state index is 13.4. The Morgan fingerprint density at radius 1 is 1.21 bits per heavy atom. The second-order valence-corrected chi connectivity index (χ2v) is 8.76. The zero-order valence-corrected chi connectivity index (χ0v) is 20.5. The van der Waals surface area contributed by atoms with Gasteiger partial charge in [-0.3, -0.25) is 14.4 Å². The van der Waals surface area contributed by atoms with Crippen molar-refractivity contribution in [3.63, 3.8) is 0 Å². The van der Waals surface area contributed by atoms with Crippen LogP contribution in [0.4, 0.5) is 5.69 Å². The smallest absolute Gasteiger partial charge is 0.277 e. The van der Waals surface area contributed by atoms with Gasteiger partial charge in [0.25, 0.3) is 11.8 Å². The Labute approximate surface area is 199 Å². The predicted molar refractivity (Wildman–Crippen MR) is 125 cm³/mol. The lowest BCUT2D eigenvalue weighted by molar-refractivity contribution is -0.133. The molecule has 10 heteroatoms. The Balaban J connectivity index is 1.94. The van der Waals surface area contributed by atoms with Crippen LogP contribution in [0.5, 0.6) is 5.75 Å². The van der Waals surface area contributed by atoms with Gasteiger partial charge in [0, 0.05) is 51.8 Å². The average molecular weight is 473 g/mol. The summed E-state index contributed by atoms with van der Waals surface area (Å²) in [5, 5.41) is 6.45. The summed E-state index contributed by atoms with van der Waals surface area (Å²) in [6.07, 6.45) is -0.273. The molecule has 0 radical (unpaired) electrons. The van der Waals surface area contributed by atoms with Crippen LogP contribution in [-0.4, -0.2) is 78.7 Å². The molecular formula is C24H32N4O6. The van der Waals surface area contributed by atoms with Crippen LogP contribution in [0.25, 0.3) is 0 Å². The average Bonchev–Trinajstić information content (AvgIpc) is 3.24. The molecule has 3 rings (SSSR count). The Kier molecular flexibility index (Phi) is 7.93. The number of ether oxygens (including phenoxy) is 2. The normalized spacial score (nSPS) is 21.7. The number of benzene rings is 1. The number of hydrogen-bond donors (Lipinski definition) is 1. The molecule has 184 valence electrons. The van der Waals surface area contributed by atoms with E-state index in [2.05, 4.69) is 10.5 Å². The van der Waals surface area contributed by atoms with Gasteiger partial charge in [-0.2, -0.15) is 0 Å². The number of aryl methyl sites for hydroxylation is 1. The highest BCUT2D eigenvalue weighted by Gasteiger charge is 2.29. The van der Waals surface area contributed by atoms with E-state index in [0.29, 0.717) is 35.9 Å². The summed E-state index contributed by atoms with van der Waals surface area (Å²) in [6.45, 7) is 8.15. The molecule has 2 aromatic rings. The van der Waals surface area contributed by atoms with Gasteiger partial charge in [0.15, 0.2) is 5.69 Å². The number of nitrogens with one attached hydrogen (secondary N) is 1. The molecule has 34 heavy (non-hydrogen) atoms. The molecule has 3 atom stereocenters. The van der Waals surface area contributed by atoms with Gasteiger partial charge in [0.1, 0.15) is 18.1 Å².